The summed E-state index contributed by atoms with van der Waals surface area (Å²) in [6.07, 6.45) is 16.1. The highest BCUT2D eigenvalue weighted by Gasteiger charge is 2.17. The molecule has 0 spiro atoms. The molecule has 132 valence electrons. The normalized spacial score (nSPS) is 18.9. The molecule has 1 heterocycles. The average Bonchev–Trinajstić information content (AvgIpc) is 3.02. The first kappa shape index (κ1) is 19.0. The molecule has 23 heavy (non-hydrogen) atoms. The Morgan fingerprint density at radius 1 is 1.09 bits per heavy atom. The Morgan fingerprint density at radius 3 is 2.48 bits per heavy atom. The van der Waals surface area contributed by atoms with E-state index in [0.29, 0.717) is 0 Å². The van der Waals surface area contributed by atoms with Gasteiger partial charge in [-0.25, -0.2) is 0 Å². The number of thiophene rings is 1. The average molecular weight is 338 g/mol. The molecule has 0 saturated heterocycles. The molecule has 0 bridgehead atoms. The molecule has 1 aliphatic rings. The van der Waals surface area contributed by atoms with Crippen molar-refractivity contribution in [2.24, 2.45) is 11.7 Å². The van der Waals surface area contributed by atoms with Crippen LogP contribution in [0.25, 0.3) is 0 Å². The summed E-state index contributed by atoms with van der Waals surface area (Å²) in [5.74, 6) is 1.04. The molecule has 0 aromatic carbocycles. The zero-order valence-electron chi connectivity index (χ0n) is 14.9. The van der Waals surface area contributed by atoms with Crippen LogP contribution >= 0.6 is 11.3 Å². The van der Waals surface area contributed by atoms with Gasteiger partial charge >= 0.3 is 0 Å². The minimum atomic E-state index is -0.441. The van der Waals surface area contributed by atoms with E-state index in [1.54, 1.807) is 0 Å². The lowest BCUT2D eigenvalue weighted by Crippen LogP contribution is -2.40. The molecule has 0 amide bonds. The molecular formula is C20H35NOS. The van der Waals surface area contributed by atoms with Crippen LogP contribution in [0.15, 0.2) is 12.1 Å². The van der Waals surface area contributed by atoms with Gasteiger partial charge in [0.25, 0.3) is 0 Å². The van der Waals surface area contributed by atoms with Crippen LogP contribution < -0.4 is 5.73 Å². The fourth-order valence-corrected chi connectivity index (χ4v) is 4.62. The van der Waals surface area contributed by atoms with Crippen molar-refractivity contribution in [3.05, 3.63) is 21.9 Å². The van der Waals surface area contributed by atoms with Crippen LogP contribution in [0.2, 0.25) is 0 Å². The van der Waals surface area contributed by atoms with Crippen molar-refractivity contribution in [2.75, 3.05) is 6.61 Å². The molecule has 1 atom stereocenters. The SMILES string of the molecule is CC(N)(CO)CCc1ccc(CCCCCC2CCCCC2)s1. The minimum Gasteiger partial charge on any atom is -0.394 e. The second-order valence-corrected chi connectivity index (χ2v) is 9.04. The van der Waals surface area contributed by atoms with Crippen LogP contribution in [0, 0.1) is 5.92 Å². The lowest BCUT2D eigenvalue weighted by molar-refractivity contribution is 0.201. The Labute approximate surface area is 146 Å². The summed E-state index contributed by atoms with van der Waals surface area (Å²) in [7, 11) is 0. The van der Waals surface area contributed by atoms with Crippen LogP contribution in [0.3, 0.4) is 0 Å². The fourth-order valence-electron chi connectivity index (χ4n) is 3.56. The molecule has 1 aliphatic carbocycles. The van der Waals surface area contributed by atoms with Gasteiger partial charge in [0.05, 0.1) is 6.61 Å². The largest absolute Gasteiger partial charge is 0.394 e. The van der Waals surface area contributed by atoms with E-state index in [0.717, 1.165) is 18.8 Å². The Kier molecular flexibility index (Phi) is 8.08. The molecule has 1 aromatic heterocycles. The van der Waals surface area contributed by atoms with E-state index >= 15 is 0 Å². The zero-order chi connectivity index (χ0) is 16.5. The van der Waals surface area contributed by atoms with E-state index < -0.39 is 5.54 Å². The second-order valence-electron chi connectivity index (χ2n) is 7.78. The predicted molar refractivity (Wildman–Crippen MR) is 101 cm³/mol. The Balaban J connectivity index is 1.57. The number of unbranched alkanes of at least 4 members (excludes halogenated alkanes) is 2. The van der Waals surface area contributed by atoms with Crippen molar-refractivity contribution in [3.63, 3.8) is 0 Å². The van der Waals surface area contributed by atoms with Gasteiger partial charge in [-0.3, -0.25) is 0 Å². The number of aliphatic hydroxyl groups is 1. The number of nitrogens with two attached hydrogens (primary N) is 1. The first-order valence-corrected chi connectivity index (χ1v) is 10.4. The summed E-state index contributed by atoms with van der Waals surface area (Å²) in [6.45, 7) is 1.99. The van der Waals surface area contributed by atoms with Gasteiger partial charge in [-0.2, -0.15) is 0 Å². The van der Waals surface area contributed by atoms with Crippen LogP contribution in [0.5, 0.6) is 0 Å². The van der Waals surface area contributed by atoms with Crippen molar-refractivity contribution in [2.45, 2.75) is 89.5 Å². The summed E-state index contributed by atoms with van der Waals surface area (Å²) in [6, 6.07) is 4.53. The molecule has 2 nitrogen and oxygen atoms in total. The monoisotopic (exact) mass is 337 g/mol. The first-order chi connectivity index (χ1) is 11.1. The topological polar surface area (TPSA) is 46.2 Å². The summed E-state index contributed by atoms with van der Waals surface area (Å²) < 4.78 is 0. The van der Waals surface area contributed by atoms with Crippen molar-refractivity contribution in [1.82, 2.24) is 0 Å². The lowest BCUT2D eigenvalue weighted by atomic mass is 9.85. The highest BCUT2D eigenvalue weighted by Crippen LogP contribution is 2.28. The molecule has 3 heteroatoms. The van der Waals surface area contributed by atoms with Gasteiger partial charge in [-0.15, -0.1) is 11.3 Å². The van der Waals surface area contributed by atoms with E-state index in [1.807, 2.05) is 18.3 Å². The Hall–Kier alpha value is -0.380. The van der Waals surface area contributed by atoms with E-state index in [-0.39, 0.29) is 6.61 Å². The standard InChI is InChI=1S/C20H35NOS/c1-20(21,16-22)15-14-19-13-12-18(23-19)11-7-3-6-10-17-8-4-2-5-9-17/h12-13,17,22H,2-11,14-16,21H2,1H3. The van der Waals surface area contributed by atoms with Gasteiger partial charge in [0.2, 0.25) is 0 Å². The number of rotatable bonds is 10. The predicted octanol–water partition coefficient (Wildman–Crippen LogP) is 5.07. The van der Waals surface area contributed by atoms with Crippen LogP contribution in [-0.2, 0) is 12.8 Å². The first-order valence-electron chi connectivity index (χ1n) is 9.56. The van der Waals surface area contributed by atoms with E-state index in [1.165, 1.54) is 74.0 Å². The number of hydrogen-bond acceptors (Lipinski definition) is 3. The number of aryl methyl sites for hydroxylation is 2. The highest BCUT2D eigenvalue weighted by molar-refractivity contribution is 7.11. The van der Waals surface area contributed by atoms with Gasteiger partial charge in [-0.05, 0) is 50.7 Å². The van der Waals surface area contributed by atoms with Crippen molar-refractivity contribution < 1.29 is 5.11 Å². The van der Waals surface area contributed by atoms with Gasteiger partial charge in [0.1, 0.15) is 0 Å². The lowest BCUT2D eigenvalue weighted by Gasteiger charge is -2.21. The molecule has 0 aliphatic heterocycles. The van der Waals surface area contributed by atoms with E-state index in [2.05, 4.69) is 12.1 Å². The second kappa shape index (κ2) is 9.80. The Bertz CT molecular complexity index is 435. The smallest absolute Gasteiger partial charge is 0.0608 e. The van der Waals surface area contributed by atoms with Gasteiger partial charge in [0.15, 0.2) is 0 Å². The van der Waals surface area contributed by atoms with Crippen LogP contribution in [0.4, 0.5) is 0 Å². The maximum atomic E-state index is 9.22. The molecule has 1 aromatic rings. The molecule has 1 saturated carbocycles. The maximum absolute atomic E-state index is 9.22. The number of hydrogen-bond donors (Lipinski definition) is 2. The summed E-state index contributed by atoms with van der Waals surface area (Å²) in [5, 5.41) is 9.22. The third-order valence-corrected chi connectivity index (χ3v) is 6.49. The van der Waals surface area contributed by atoms with Crippen LogP contribution in [-0.4, -0.2) is 17.3 Å². The van der Waals surface area contributed by atoms with E-state index in [9.17, 15) is 5.11 Å². The molecule has 0 radical (unpaired) electrons. The minimum absolute atomic E-state index is 0.0617. The third kappa shape index (κ3) is 7.36. The quantitative estimate of drug-likeness (QED) is 0.585. The number of aliphatic hydroxyl groups excluding tert-OH is 1. The summed E-state index contributed by atoms with van der Waals surface area (Å²) in [4.78, 5) is 2.92. The highest BCUT2D eigenvalue weighted by atomic mass is 32.1. The molecule has 1 unspecified atom stereocenters. The van der Waals surface area contributed by atoms with Gasteiger partial charge in [0, 0.05) is 15.3 Å². The summed E-state index contributed by atoms with van der Waals surface area (Å²) >= 11 is 1.93. The van der Waals surface area contributed by atoms with Crippen molar-refractivity contribution >= 4 is 11.3 Å². The zero-order valence-corrected chi connectivity index (χ0v) is 15.7. The third-order valence-electron chi connectivity index (χ3n) is 5.28. The fraction of sp³-hybridized carbons (Fsp3) is 0.800. The van der Waals surface area contributed by atoms with Gasteiger partial charge < -0.3 is 10.8 Å². The van der Waals surface area contributed by atoms with Gasteiger partial charge in [-0.1, -0.05) is 51.4 Å². The molecule has 1 fully saturated rings. The van der Waals surface area contributed by atoms with Crippen molar-refractivity contribution in [1.29, 1.82) is 0 Å². The molecular weight excluding hydrogens is 302 g/mol. The van der Waals surface area contributed by atoms with Crippen LogP contribution in [0.1, 0.15) is 80.9 Å². The Morgan fingerprint density at radius 2 is 1.78 bits per heavy atom. The summed E-state index contributed by atoms with van der Waals surface area (Å²) in [5.41, 5.74) is 5.56. The maximum Gasteiger partial charge on any atom is 0.0608 e. The van der Waals surface area contributed by atoms with E-state index in [4.69, 9.17) is 5.73 Å². The molecule has 2 rings (SSSR count). The van der Waals surface area contributed by atoms with Crippen molar-refractivity contribution in [3.8, 4) is 0 Å². The molecule has 3 N–H and O–H groups in total.